The number of hydrogen-bond donors (Lipinski definition) is 0. The molecule has 0 aliphatic carbocycles. The molecule has 1 aromatic heterocycles. The summed E-state index contributed by atoms with van der Waals surface area (Å²) in [6.45, 7) is 6.29. The first-order valence-corrected chi connectivity index (χ1v) is 4.91. The summed E-state index contributed by atoms with van der Waals surface area (Å²) < 4.78 is 0. The van der Waals surface area contributed by atoms with Gasteiger partial charge in [0.05, 0.1) is 12.0 Å². The molecular weight excluding hydrogens is 166 g/mol. The highest BCUT2D eigenvalue weighted by Crippen LogP contribution is 2.35. The van der Waals surface area contributed by atoms with Crippen LogP contribution in [-0.2, 0) is 0 Å². The summed E-state index contributed by atoms with van der Waals surface area (Å²) in [5.74, 6) is 0.0174. The van der Waals surface area contributed by atoms with Gasteiger partial charge in [0.2, 0.25) is 0 Å². The molecule has 0 radical (unpaired) electrons. The fourth-order valence-corrected chi connectivity index (χ4v) is 1.89. The summed E-state index contributed by atoms with van der Waals surface area (Å²) in [4.78, 5) is 0. The van der Waals surface area contributed by atoms with Crippen molar-refractivity contribution in [3.05, 3.63) is 22.4 Å². The molecule has 1 heterocycles. The van der Waals surface area contributed by atoms with Crippen LogP contribution in [0.1, 0.15) is 32.3 Å². The number of thiophene rings is 1. The molecule has 1 unspecified atom stereocenters. The van der Waals surface area contributed by atoms with E-state index >= 15 is 0 Å². The van der Waals surface area contributed by atoms with Gasteiger partial charge in [-0.25, -0.2) is 0 Å². The first-order valence-electron chi connectivity index (χ1n) is 3.97. The van der Waals surface area contributed by atoms with Gasteiger partial charge in [-0.05, 0) is 27.8 Å². The second-order valence-corrected chi connectivity index (χ2v) is 4.76. The quantitative estimate of drug-likeness (QED) is 0.648. The average molecular weight is 179 g/mol. The van der Waals surface area contributed by atoms with E-state index < -0.39 is 0 Å². The number of rotatable bonds is 1. The summed E-state index contributed by atoms with van der Waals surface area (Å²) >= 11 is 1.65. The molecule has 0 spiro atoms. The second-order valence-electron chi connectivity index (χ2n) is 3.98. The molecule has 0 saturated carbocycles. The molecule has 0 aromatic carbocycles. The minimum atomic E-state index is 0.0174. The zero-order valence-corrected chi connectivity index (χ0v) is 8.48. The highest BCUT2D eigenvalue weighted by molar-refractivity contribution is 7.08. The summed E-state index contributed by atoms with van der Waals surface area (Å²) in [7, 11) is 0. The molecule has 0 N–H and O–H groups in total. The molecule has 1 atom stereocenters. The Morgan fingerprint density at radius 1 is 1.50 bits per heavy atom. The molecule has 0 aliphatic rings. The summed E-state index contributed by atoms with van der Waals surface area (Å²) in [6, 6.07) is 4.38. The minimum Gasteiger partial charge on any atom is -0.198 e. The number of nitriles is 1. The van der Waals surface area contributed by atoms with Gasteiger partial charge in [0.1, 0.15) is 0 Å². The predicted molar refractivity (Wildman–Crippen MR) is 52.1 cm³/mol. The lowest BCUT2D eigenvalue weighted by Crippen LogP contribution is -2.15. The molecule has 64 valence electrons. The maximum atomic E-state index is 8.99. The lowest BCUT2D eigenvalue weighted by Gasteiger charge is -2.23. The zero-order valence-electron chi connectivity index (χ0n) is 7.66. The van der Waals surface area contributed by atoms with E-state index in [1.165, 1.54) is 0 Å². The summed E-state index contributed by atoms with van der Waals surface area (Å²) in [5.41, 5.74) is 1.19. The van der Waals surface area contributed by atoms with E-state index in [0.29, 0.717) is 0 Å². The molecule has 0 aliphatic heterocycles. The lowest BCUT2D eigenvalue weighted by molar-refractivity contribution is 0.373. The van der Waals surface area contributed by atoms with Crippen LogP contribution in [0.2, 0.25) is 0 Å². The van der Waals surface area contributed by atoms with Gasteiger partial charge in [0.25, 0.3) is 0 Å². The SMILES string of the molecule is CC(C)(C)C(C#N)c1ccsc1. The number of nitrogens with zero attached hydrogens (tertiary/aromatic N) is 1. The maximum absolute atomic E-state index is 8.99. The van der Waals surface area contributed by atoms with Crippen LogP contribution >= 0.6 is 11.3 Å². The first kappa shape index (κ1) is 9.28. The van der Waals surface area contributed by atoms with Gasteiger partial charge in [-0.15, -0.1) is 0 Å². The lowest BCUT2D eigenvalue weighted by atomic mass is 9.78. The molecule has 1 nitrogen and oxygen atoms in total. The van der Waals surface area contributed by atoms with Crippen molar-refractivity contribution in [3.8, 4) is 6.07 Å². The minimum absolute atomic E-state index is 0.0174. The monoisotopic (exact) mass is 179 g/mol. The van der Waals surface area contributed by atoms with Gasteiger partial charge in [-0.1, -0.05) is 20.8 Å². The van der Waals surface area contributed by atoms with Gasteiger partial charge in [-0.3, -0.25) is 0 Å². The third-order valence-corrected chi connectivity index (χ3v) is 2.57. The van der Waals surface area contributed by atoms with Gasteiger partial charge >= 0.3 is 0 Å². The van der Waals surface area contributed by atoms with Gasteiger partial charge < -0.3 is 0 Å². The van der Waals surface area contributed by atoms with E-state index in [0.717, 1.165) is 5.56 Å². The molecule has 0 saturated heterocycles. The van der Waals surface area contributed by atoms with Crippen LogP contribution in [0.25, 0.3) is 0 Å². The van der Waals surface area contributed by atoms with Crippen LogP contribution in [0.3, 0.4) is 0 Å². The number of hydrogen-bond acceptors (Lipinski definition) is 2. The summed E-state index contributed by atoms with van der Waals surface area (Å²) in [6.07, 6.45) is 0. The highest BCUT2D eigenvalue weighted by atomic mass is 32.1. The standard InChI is InChI=1S/C10H13NS/c1-10(2,3)9(6-11)8-4-5-12-7-8/h4-5,7,9H,1-3H3. The average Bonchev–Trinajstić information content (AvgIpc) is 2.38. The molecule has 12 heavy (non-hydrogen) atoms. The van der Waals surface area contributed by atoms with Crippen LogP contribution in [0.15, 0.2) is 16.8 Å². The molecular formula is C10H13NS. The second kappa shape index (κ2) is 3.28. The molecule has 0 fully saturated rings. The predicted octanol–water partition coefficient (Wildman–Crippen LogP) is 3.40. The van der Waals surface area contributed by atoms with Gasteiger partial charge in [-0.2, -0.15) is 16.6 Å². The Labute approximate surface area is 77.7 Å². The smallest absolute Gasteiger partial charge is 0.0769 e. The Bertz CT molecular complexity index is 274. The van der Waals surface area contributed by atoms with Crippen molar-refractivity contribution >= 4 is 11.3 Å². The van der Waals surface area contributed by atoms with Gasteiger partial charge in [0.15, 0.2) is 0 Å². The molecule has 0 bridgehead atoms. The fraction of sp³-hybridized carbons (Fsp3) is 0.500. The van der Waals surface area contributed by atoms with E-state index in [1.54, 1.807) is 11.3 Å². The van der Waals surface area contributed by atoms with Crippen LogP contribution in [0.5, 0.6) is 0 Å². The van der Waals surface area contributed by atoms with Crippen molar-refractivity contribution < 1.29 is 0 Å². The van der Waals surface area contributed by atoms with Crippen molar-refractivity contribution in [2.75, 3.05) is 0 Å². The van der Waals surface area contributed by atoms with Gasteiger partial charge in [0, 0.05) is 0 Å². The topological polar surface area (TPSA) is 23.8 Å². The Balaban J connectivity index is 2.94. The largest absolute Gasteiger partial charge is 0.198 e. The van der Waals surface area contributed by atoms with Crippen LogP contribution < -0.4 is 0 Å². The van der Waals surface area contributed by atoms with Crippen LogP contribution in [0.4, 0.5) is 0 Å². The highest BCUT2D eigenvalue weighted by Gasteiger charge is 2.25. The van der Waals surface area contributed by atoms with Crippen molar-refractivity contribution in [2.24, 2.45) is 5.41 Å². The van der Waals surface area contributed by atoms with Crippen molar-refractivity contribution in [3.63, 3.8) is 0 Å². The van der Waals surface area contributed by atoms with E-state index in [-0.39, 0.29) is 11.3 Å². The molecule has 0 amide bonds. The van der Waals surface area contributed by atoms with E-state index in [1.807, 2.05) is 11.4 Å². The van der Waals surface area contributed by atoms with E-state index in [4.69, 9.17) is 5.26 Å². The molecule has 1 aromatic rings. The third kappa shape index (κ3) is 1.86. The zero-order chi connectivity index (χ0) is 9.19. The Morgan fingerprint density at radius 2 is 2.17 bits per heavy atom. The van der Waals surface area contributed by atoms with E-state index in [9.17, 15) is 0 Å². The van der Waals surface area contributed by atoms with Crippen LogP contribution in [0, 0.1) is 16.7 Å². The van der Waals surface area contributed by atoms with Crippen molar-refractivity contribution in [2.45, 2.75) is 26.7 Å². The van der Waals surface area contributed by atoms with Crippen molar-refractivity contribution in [1.82, 2.24) is 0 Å². The van der Waals surface area contributed by atoms with Crippen LogP contribution in [-0.4, -0.2) is 0 Å². The summed E-state index contributed by atoms with van der Waals surface area (Å²) in [5, 5.41) is 13.1. The Kier molecular flexibility index (Phi) is 2.54. The maximum Gasteiger partial charge on any atom is 0.0769 e. The molecule has 1 rings (SSSR count). The molecule has 2 heteroatoms. The third-order valence-electron chi connectivity index (χ3n) is 1.87. The Hall–Kier alpha value is -0.810. The van der Waals surface area contributed by atoms with Crippen molar-refractivity contribution in [1.29, 1.82) is 5.26 Å². The Morgan fingerprint density at radius 3 is 2.50 bits per heavy atom. The normalized spacial score (nSPS) is 13.8. The van der Waals surface area contributed by atoms with E-state index in [2.05, 4.69) is 32.2 Å². The fourth-order valence-electron chi connectivity index (χ4n) is 1.21. The first-order chi connectivity index (χ1) is 5.55.